The van der Waals surface area contributed by atoms with Crippen LogP contribution >= 0.6 is 11.6 Å². The Kier molecular flexibility index (Phi) is 4.66. The zero-order chi connectivity index (χ0) is 13.8. The highest BCUT2D eigenvalue weighted by Crippen LogP contribution is 2.27. The smallest absolute Gasteiger partial charge is 0.260 e. The minimum atomic E-state index is -0.185. The predicted octanol–water partition coefficient (Wildman–Crippen LogP) is 2.36. The van der Waals surface area contributed by atoms with E-state index in [2.05, 4.69) is 0 Å². The van der Waals surface area contributed by atoms with E-state index in [9.17, 15) is 4.79 Å². The van der Waals surface area contributed by atoms with Gasteiger partial charge in [-0.25, -0.2) is 0 Å². The number of hydrogen-bond donors (Lipinski definition) is 1. The summed E-state index contributed by atoms with van der Waals surface area (Å²) < 4.78 is 5.60. The van der Waals surface area contributed by atoms with Crippen LogP contribution in [0.4, 0.5) is 0 Å². The lowest BCUT2D eigenvalue weighted by Gasteiger charge is -2.18. The summed E-state index contributed by atoms with van der Waals surface area (Å²) in [5.74, 6) is 0.662. The van der Waals surface area contributed by atoms with Crippen molar-refractivity contribution in [3.8, 4) is 5.75 Å². The summed E-state index contributed by atoms with van der Waals surface area (Å²) >= 11 is 5.94. The van der Waals surface area contributed by atoms with E-state index in [0.717, 1.165) is 31.5 Å². The van der Waals surface area contributed by atoms with Gasteiger partial charge >= 0.3 is 0 Å². The maximum Gasteiger partial charge on any atom is 0.260 e. The van der Waals surface area contributed by atoms with E-state index in [1.807, 2.05) is 11.8 Å². The molecule has 0 aliphatic carbocycles. The van der Waals surface area contributed by atoms with E-state index in [4.69, 9.17) is 22.1 Å². The van der Waals surface area contributed by atoms with Gasteiger partial charge in [-0.15, -0.1) is 0 Å². The van der Waals surface area contributed by atoms with Crippen LogP contribution in [0.25, 0.3) is 0 Å². The van der Waals surface area contributed by atoms with Crippen molar-refractivity contribution >= 4 is 17.5 Å². The second-order valence-electron chi connectivity index (χ2n) is 4.85. The summed E-state index contributed by atoms with van der Waals surface area (Å²) in [4.78, 5) is 13.7. The first kappa shape index (κ1) is 14.2. The highest BCUT2D eigenvalue weighted by Gasteiger charge is 2.19. The van der Waals surface area contributed by atoms with Gasteiger partial charge in [-0.1, -0.05) is 11.6 Å². The fraction of sp³-hybridized carbons (Fsp3) is 0.500. The molecule has 0 spiro atoms. The molecule has 104 valence electrons. The van der Waals surface area contributed by atoms with Crippen LogP contribution in [-0.2, 0) is 4.79 Å². The Hall–Kier alpha value is -1.26. The van der Waals surface area contributed by atoms with Gasteiger partial charge in [0.1, 0.15) is 5.75 Å². The number of likely N-dealkylation sites (tertiary alicyclic amines) is 1. The molecule has 1 heterocycles. The lowest BCUT2D eigenvalue weighted by atomic mass is 10.1. The molecule has 1 atom stereocenters. The van der Waals surface area contributed by atoms with Crippen molar-refractivity contribution in [2.24, 2.45) is 5.73 Å². The average molecular weight is 283 g/mol. The lowest BCUT2D eigenvalue weighted by Crippen LogP contribution is -2.32. The molecule has 0 unspecified atom stereocenters. The Balaban J connectivity index is 2.00. The maximum atomic E-state index is 11.9. The van der Waals surface area contributed by atoms with Crippen LogP contribution in [0.1, 0.15) is 31.4 Å². The fourth-order valence-corrected chi connectivity index (χ4v) is 2.38. The van der Waals surface area contributed by atoms with Crippen LogP contribution in [0.3, 0.4) is 0 Å². The minimum Gasteiger partial charge on any atom is -0.483 e. The van der Waals surface area contributed by atoms with E-state index in [1.165, 1.54) is 0 Å². The first-order valence-electron chi connectivity index (χ1n) is 6.53. The van der Waals surface area contributed by atoms with Gasteiger partial charge in [-0.2, -0.15) is 0 Å². The third kappa shape index (κ3) is 3.61. The first-order valence-corrected chi connectivity index (χ1v) is 6.91. The Morgan fingerprint density at radius 3 is 2.79 bits per heavy atom. The van der Waals surface area contributed by atoms with Gasteiger partial charge in [-0.05, 0) is 38.0 Å². The van der Waals surface area contributed by atoms with Crippen molar-refractivity contribution in [3.05, 3.63) is 28.8 Å². The molecule has 0 aromatic heterocycles. The maximum absolute atomic E-state index is 11.9. The van der Waals surface area contributed by atoms with Crippen LogP contribution in [0.15, 0.2) is 18.2 Å². The summed E-state index contributed by atoms with van der Waals surface area (Å²) in [5.41, 5.74) is 6.70. The summed E-state index contributed by atoms with van der Waals surface area (Å²) in [5, 5.41) is 0.616. The van der Waals surface area contributed by atoms with Gasteiger partial charge in [0.05, 0.1) is 0 Å². The molecule has 2 N–H and O–H groups in total. The molecule has 19 heavy (non-hydrogen) atoms. The number of carbonyl (C=O) groups is 1. The van der Waals surface area contributed by atoms with Gasteiger partial charge in [0, 0.05) is 29.7 Å². The Morgan fingerprint density at radius 1 is 1.47 bits per heavy atom. The summed E-state index contributed by atoms with van der Waals surface area (Å²) in [6.07, 6.45) is 2.16. The normalized spacial score (nSPS) is 16.5. The topological polar surface area (TPSA) is 55.6 Å². The van der Waals surface area contributed by atoms with E-state index >= 15 is 0 Å². The number of benzene rings is 1. The molecule has 1 aliphatic rings. The van der Waals surface area contributed by atoms with Crippen LogP contribution in [0.2, 0.25) is 5.02 Å². The van der Waals surface area contributed by atoms with Crippen molar-refractivity contribution in [1.82, 2.24) is 4.90 Å². The zero-order valence-electron chi connectivity index (χ0n) is 11.1. The van der Waals surface area contributed by atoms with E-state index in [0.29, 0.717) is 10.8 Å². The number of nitrogens with zero attached hydrogens (tertiary/aromatic N) is 1. The number of halogens is 1. The van der Waals surface area contributed by atoms with Crippen LogP contribution in [0, 0.1) is 0 Å². The van der Waals surface area contributed by atoms with E-state index in [1.54, 1.807) is 18.2 Å². The molecule has 2 rings (SSSR count). The number of hydrogen-bond acceptors (Lipinski definition) is 3. The highest BCUT2D eigenvalue weighted by molar-refractivity contribution is 6.30. The standard InChI is InChI=1S/C14H19ClN2O2/c1-10(16)12-8-11(15)4-5-13(12)19-9-14(18)17-6-2-3-7-17/h4-5,8,10H,2-3,6-7,9,16H2,1H3/t10-/m0/s1. The Bertz CT molecular complexity index is 457. The molecule has 1 saturated heterocycles. The van der Waals surface area contributed by atoms with Crippen molar-refractivity contribution in [2.45, 2.75) is 25.8 Å². The molecule has 0 saturated carbocycles. The average Bonchev–Trinajstić information content (AvgIpc) is 2.90. The molecule has 4 nitrogen and oxygen atoms in total. The van der Waals surface area contributed by atoms with Crippen LogP contribution in [-0.4, -0.2) is 30.5 Å². The molecule has 5 heteroatoms. The summed E-state index contributed by atoms with van der Waals surface area (Å²) in [7, 11) is 0. The number of carbonyl (C=O) groups excluding carboxylic acids is 1. The quantitative estimate of drug-likeness (QED) is 0.922. The monoisotopic (exact) mass is 282 g/mol. The molecule has 1 aromatic rings. The van der Waals surface area contributed by atoms with Crippen LogP contribution in [0.5, 0.6) is 5.75 Å². The number of nitrogens with two attached hydrogens (primary N) is 1. The van der Waals surface area contributed by atoms with Crippen molar-refractivity contribution in [2.75, 3.05) is 19.7 Å². The summed E-state index contributed by atoms with van der Waals surface area (Å²) in [6.45, 7) is 3.59. The fourth-order valence-electron chi connectivity index (χ4n) is 2.20. The third-order valence-corrected chi connectivity index (χ3v) is 3.51. The van der Waals surface area contributed by atoms with E-state index < -0.39 is 0 Å². The second kappa shape index (κ2) is 6.26. The number of amides is 1. The molecule has 0 radical (unpaired) electrons. The molecule has 1 amide bonds. The largest absolute Gasteiger partial charge is 0.483 e. The van der Waals surface area contributed by atoms with Gasteiger partial charge in [-0.3, -0.25) is 4.79 Å². The van der Waals surface area contributed by atoms with Gasteiger partial charge < -0.3 is 15.4 Å². The molecule has 0 bridgehead atoms. The van der Waals surface area contributed by atoms with Crippen molar-refractivity contribution < 1.29 is 9.53 Å². The molecule has 1 aromatic carbocycles. The predicted molar refractivity (Wildman–Crippen MR) is 75.4 cm³/mol. The minimum absolute atomic E-state index is 0.0306. The van der Waals surface area contributed by atoms with E-state index in [-0.39, 0.29) is 18.6 Å². The van der Waals surface area contributed by atoms with Crippen LogP contribution < -0.4 is 10.5 Å². The number of ether oxygens (including phenoxy) is 1. The Morgan fingerprint density at radius 2 is 2.16 bits per heavy atom. The lowest BCUT2D eigenvalue weighted by molar-refractivity contribution is -0.132. The van der Waals surface area contributed by atoms with Crippen molar-refractivity contribution in [3.63, 3.8) is 0 Å². The van der Waals surface area contributed by atoms with Gasteiger partial charge in [0.2, 0.25) is 0 Å². The zero-order valence-corrected chi connectivity index (χ0v) is 11.8. The Labute approximate surface area is 118 Å². The highest BCUT2D eigenvalue weighted by atomic mass is 35.5. The number of rotatable bonds is 4. The third-order valence-electron chi connectivity index (χ3n) is 3.27. The molecule has 1 fully saturated rings. The molecule has 1 aliphatic heterocycles. The summed E-state index contributed by atoms with van der Waals surface area (Å²) in [6, 6.07) is 5.10. The second-order valence-corrected chi connectivity index (χ2v) is 5.28. The van der Waals surface area contributed by atoms with Crippen molar-refractivity contribution in [1.29, 1.82) is 0 Å². The first-order chi connectivity index (χ1) is 9.08. The van der Waals surface area contributed by atoms with Gasteiger partial charge in [0.25, 0.3) is 5.91 Å². The molecular weight excluding hydrogens is 264 g/mol. The van der Waals surface area contributed by atoms with Gasteiger partial charge in [0.15, 0.2) is 6.61 Å². The molecular formula is C14H19ClN2O2. The SMILES string of the molecule is C[C@H](N)c1cc(Cl)ccc1OCC(=O)N1CCCC1.